The number of nitrogens with zero attached hydrogens (tertiary/aromatic N) is 1. The zero-order valence-corrected chi connectivity index (χ0v) is 16.0. The smallest absolute Gasteiger partial charge is 0.255 e. The number of anilines is 1. The summed E-state index contributed by atoms with van der Waals surface area (Å²) in [5, 5.41) is 9.19. The molecule has 1 aromatic carbocycles. The van der Waals surface area contributed by atoms with Crippen LogP contribution in [0.2, 0.25) is 0 Å². The van der Waals surface area contributed by atoms with Gasteiger partial charge in [-0.05, 0) is 55.8 Å². The molecule has 1 aliphatic rings. The molecule has 0 spiro atoms. The van der Waals surface area contributed by atoms with E-state index in [1.165, 1.54) is 0 Å². The minimum atomic E-state index is -0.479. The van der Waals surface area contributed by atoms with Crippen molar-refractivity contribution in [1.82, 2.24) is 15.6 Å². The first-order chi connectivity index (χ1) is 13.6. The van der Waals surface area contributed by atoms with Gasteiger partial charge in [-0.15, -0.1) is 0 Å². The van der Waals surface area contributed by atoms with E-state index in [-0.39, 0.29) is 11.8 Å². The quantitative estimate of drug-likeness (QED) is 0.681. The second kappa shape index (κ2) is 9.43. The van der Waals surface area contributed by atoms with Gasteiger partial charge in [0.15, 0.2) is 0 Å². The number of aromatic nitrogens is 1. The Balaban J connectivity index is 1.61. The van der Waals surface area contributed by atoms with E-state index in [0.29, 0.717) is 24.4 Å². The molecular weight excluding hydrogens is 356 g/mol. The molecule has 148 valence electrons. The van der Waals surface area contributed by atoms with Gasteiger partial charge in [-0.2, -0.15) is 0 Å². The highest BCUT2D eigenvalue weighted by atomic mass is 16.5. The summed E-state index contributed by atoms with van der Waals surface area (Å²) in [5.41, 5.74) is 1.67. The summed E-state index contributed by atoms with van der Waals surface area (Å²) in [6, 6.07) is 10.8. The topological polar surface area (TPSA) is 92.4 Å². The summed E-state index contributed by atoms with van der Waals surface area (Å²) in [7, 11) is 1.63. The molecule has 1 fully saturated rings. The van der Waals surface area contributed by atoms with Crippen LogP contribution in [0.1, 0.15) is 28.8 Å². The minimum absolute atomic E-state index is 0.0158. The molecule has 28 heavy (non-hydrogen) atoms. The second-order valence-electron chi connectivity index (χ2n) is 7.04. The Morgan fingerprint density at radius 3 is 2.64 bits per heavy atom. The van der Waals surface area contributed by atoms with Crippen LogP contribution in [-0.4, -0.2) is 43.6 Å². The fraction of sp³-hybridized carbons (Fsp3) is 0.381. The first-order valence-corrected chi connectivity index (χ1v) is 9.41. The molecule has 0 unspecified atom stereocenters. The van der Waals surface area contributed by atoms with Gasteiger partial charge < -0.3 is 20.7 Å². The van der Waals surface area contributed by atoms with Crippen molar-refractivity contribution in [2.75, 3.05) is 32.1 Å². The third kappa shape index (κ3) is 4.94. The van der Waals surface area contributed by atoms with Gasteiger partial charge in [0.25, 0.3) is 5.91 Å². The summed E-state index contributed by atoms with van der Waals surface area (Å²) in [4.78, 5) is 29.0. The molecule has 0 atom stereocenters. The van der Waals surface area contributed by atoms with Crippen LogP contribution < -0.4 is 16.0 Å². The molecule has 2 amide bonds. The maximum absolute atomic E-state index is 12.8. The third-order valence-corrected chi connectivity index (χ3v) is 5.04. The molecule has 7 heteroatoms. The van der Waals surface area contributed by atoms with E-state index in [1.807, 2.05) is 24.3 Å². The van der Waals surface area contributed by atoms with Crippen LogP contribution in [0.5, 0.6) is 0 Å². The fourth-order valence-electron chi connectivity index (χ4n) is 3.45. The van der Waals surface area contributed by atoms with Crippen LogP contribution >= 0.6 is 0 Å². The average Bonchev–Trinajstić information content (AvgIpc) is 2.74. The SMILES string of the molecule is COCC1(C(=O)NCc2cccc(NC(=O)c3ccncc3)c2)CCNCC1. The van der Waals surface area contributed by atoms with E-state index in [2.05, 4.69) is 20.9 Å². The van der Waals surface area contributed by atoms with Crippen molar-refractivity contribution in [3.63, 3.8) is 0 Å². The minimum Gasteiger partial charge on any atom is -0.384 e. The van der Waals surface area contributed by atoms with Crippen molar-refractivity contribution in [1.29, 1.82) is 0 Å². The number of benzene rings is 1. The molecule has 2 aromatic rings. The number of hydrogen-bond acceptors (Lipinski definition) is 5. The molecular formula is C21H26N4O3. The predicted molar refractivity (Wildman–Crippen MR) is 107 cm³/mol. The van der Waals surface area contributed by atoms with Crippen LogP contribution in [0.25, 0.3) is 0 Å². The van der Waals surface area contributed by atoms with Crippen LogP contribution in [0.4, 0.5) is 5.69 Å². The van der Waals surface area contributed by atoms with Gasteiger partial charge in [-0.1, -0.05) is 12.1 Å². The average molecular weight is 382 g/mol. The number of nitrogens with one attached hydrogen (secondary N) is 3. The lowest BCUT2D eigenvalue weighted by molar-refractivity contribution is -0.136. The third-order valence-electron chi connectivity index (χ3n) is 5.04. The Hall–Kier alpha value is -2.77. The normalized spacial score (nSPS) is 15.6. The van der Waals surface area contributed by atoms with E-state index in [4.69, 9.17) is 4.74 Å². The molecule has 1 aliphatic heterocycles. The summed E-state index contributed by atoms with van der Waals surface area (Å²) in [6.45, 7) is 2.44. The molecule has 0 radical (unpaired) electrons. The molecule has 3 N–H and O–H groups in total. The Bertz CT molecular complexity index is 799. The molecule has 0 saturated carbocycles. The summed E-state index contributed by atoms with van der Waals surface area (Å²) in [6.07, 6.45) is 4.68. The maximum Gasteiger partial charge on any atom is 0.255 e. The lowest BCUT2D eigenvalue weighted by atomic mass is 9.78. The highest BCUT2D eigenvalue weighted by molar-refractivity contribution is 6.04. The molecule has 0 aliphatic carbocycles. The molecule has 2 heterocycles. The number of methoxy groups -OCH3 is 1. The number of piperidine rings is 1. The molecule has 3 rings (SSSR count). The first-order valence-electron chi connectivity index (χ1n) is 9.41. The van der Waals surface area contributed by atoms with Crippen molar-refractivity contribution < 1.29 is 14.3 Å². The van der Waals surface area contributed by atoms with Gasteiger partial charge in [0.05, 0.1) is 12.0 Å². The monoisotopic (exact) mass is 382 g/mol. The van der Waals surface area contributed by atoms with Gasteiger partial charge in [0.1, 0.15) is 0 Å². The number of ether oxygens (including phenoxy) is 1. The molecule has 0 bridgehead atoms. The van der Waals surface area contributed by atoms with E-state index in [1.54, 1.807) is 31.6 Å². The number of carbonyl (C=O) groups excluding carboxylic acids is 2. The second-order valence-corrected chi connectivity index (χ2v) is 7.04. The summed E-state index contributed by atoms with van der Waals surface area (Å²) < 4.78 is 5.32. The Morgan fingerprint density at radius 2 is 1.93 bits per heavy atom. The summed E-state index contributed by atoms with van der Waals surface area (Å²) >= 11 is 0. The number of carbonyl (C=O) groups is 2. The zero-order chi connectivity index (χ0) is 19.8. The molecule has 1 saturated heterocycles. The van der Waals surface area contributed by atoms with Crippen molar-refractivity contribution in [3.8, 4) is 0 Å². The van der Waals surface area contributed by atoms with Crippen molar-refractivity contribution in [2.24, 2.45) is 5.41 Å². The van der Waals surface area contributed by atoms with Crippen LogP contribution in [0, 0.1) is 5.41 Å². The first kappa shape index (κ1) is 20.0. The fourth-order valence-corrected chi connectivity index (χ4v) is 3.45. The van der Waals surface area contributed by atoms with Gasteiger partial charge in [0.2, 0.25) is 5.91 Å². The highest BCUT2D eigenvalue weighted by Crippen LogP contribution is 2.29. The predicted octanol–water partition coefficient (Wildman–Crippen LogP) is 1.97. The van der Waals surface area contributed by atoms with Gasteiger partial charge >= 0.3 is 0 Å². The largest absolute Gasteiger partial charge is 0.384 e. The van der Waals surface area contributed by atoms with E-state index < -0.39 is 5.41 Å². The Kier molecular flexibility index (Phi) is 6.73. The van der Waals surface area contributed by atoms with Crippen LogP contribution in [0.15, 0.2) is 48.8 Å². The van der Waals surface area contributed by atoms with Crippen molar-refractivity contribution >= 4 is 17.5 Å². The van der Waals surface area contributed by atoms with Gasteiger partial charge in [-0.25, -0.2) is 0 Å². The molecule has 1 aromatic heterocycles. The van der Waals surface area contributed by atoms with Crippen molar-refractivity contribution in [3.05, 3.63) is 59.9 Å². The number of hydrogen-bond donors (Lipinski definition) is 3. The van der Waals surface area contributed by atoms with E-state index >= 15 is 0 Å². The highest BCUT2D eigenvalue weighted by Gasteiger charge is 2.39. The van der Waals surface area contributed by atoms with Crippen molar-refractivity contribution in [2.45, 2.75) is 19.4 Å². The van der Waals surface area contributed by atoms with Crippen LogP contribution in [0.3, 0.4) is 0 Å². The number of amides is 2. The van der Waals surface area contributed by atoms with Gasteiger partial charge in [-0.3, -0.25) is 14.6 Å². The molecule has 7 nitrogen and oxygen atoms in total. The Labute approximate surface area is 164 Å². The standard InChI is InChI=1S/C21H26N4O3/c1-28-15-21(7-11-23-12-8-21)20(27)24-14-16-3-2-4-18(13-16)25-19(26)17-5-9-22-10-6-17/h2-6,9-10,13,23H,7-8,11-12,14-15H2,1H3,(H,24,27)(H,25,26). The van der Waals surface area contributed by atoms with E-state index in [0.717, 1.165) is 31.5 Å². The maximum atomic E-state index is 12.8. The lowest BCUT2D eigenvalue weighted by Crippen LogP contribution is -2.49. The van der Waals surface area contributed by atoms with Crippen LogP contribution in [-0.2, 0) is 16.1 Å². The summed E-state index contributed by atoms with van der Waals surface area (Å²) in [5.74, 6) is -0.181. The lowest BCUT2D eigenvalue weighted by Gasteiger charge is -2.35. The zero-order valence-electron chi connectivity index (χ0n) is 16.0. The van der Waals surface area contributed by atoms with E-state index in [9.17, 15) is 9.59 Å². The van der Waals surface area contributed by atoms with Gasteiger partial charge in [0, 0.05) is 37.3 Å². The number of pyridine rings is 1. The Morgan fingerprint density at radius 1 is 1.18 bits per heavy atom. The number of rotatable bonds is 7.